The van der Waals surface area contributed by atoms with Crippen molar-refractivity contribution in [2.75, 3.05) is 33.3 Å². The number of likely N-dealkylation sites (tertiary alicyclic amines) is 4. The van der Waals surface area contributed by atoms with Gasteiger partial charge >= 0.3 is 6.18 Å². The molecule has 400 valence electrons. The zero-order valence-electron chi connectivity index (χ0n) is 43.6. The second-order valence-corrected chi connectivity index (χ2v) is 22.9. The van der Waals surface area contributed by atoms with Crippen LogP contribution < -0.4 is 15.4 Å². The van der Waals surface area contributed by atoms with Crippen LogP contribution in [0.2, 0.25) is 5.02 Å². The van der Waals surface area contributed by atoms with Crippen LogP contribution in [0.25, 0.3) is 21.8 Å². The molecule has 4 aliphatic rings. The normalized spacial score (nSPS) is 19.9. The molecule has 0 unspecified atom stereocenters. The molecular weight excluding hydrogens is 1000 g/mol. The molecule has 76 heavy (non-hydrogen) atoms. The molecular formula is C57H62ClF3N8O7. The first-order valence-electron chi connectivity index (χ1n) is 25.3. The minimum Gasteiger partial charge on any atom is -0.496 e. The molecule has 4 fully saturated rings. The number of aryl methyl sites for hydroxylation is 1. The first-order valence-corrected chi connectivity index (χ1v) is 25.7. The van der Waals surface area contributed by atoms with Gasteiger partial charge in [0, 0.05) is 48.0 Å². The molecule has 0 aliphatic carbocycles. The second kappa shape index (κ2) is 20.3. The molecule has 6 heterocycles. The fourth-order valence-electron chi connectivity index (χ4n) is 11.0. The molecule has 4 bridgehead atoms. The minimum absolute atomic E-state index is 0.0579. The molecule has 19 heteroatoms. The van der Waals surface area contributed by atoms with Gasteiger partial charge in [-0.2, -0.15) is 13.2 Å². The van der Waals surface area contributed by atoms with Gasteiger partial charge in [-0.1, -0.05) is 95.6 Å². The number of ether oxygens (including phenoxy) is 1. The summed E-state index contributed by atoms with van der Waals surface area (Å²) in [5.74, 6) is -1.18. The molecule has 0 spiro atoms. The Morgan fingerprint density at radius 3 is 1.43 bits per heavy atom. The molecule has 4 aliphatic heterocycles. The maximum absolute atomic E-state index is 13.8. The molecule has 4 aromatic carbocycles. The number of nitrogens with one attached hydrogen (secondary N) is 4. The smallest absolute Gasteiger partial charge is 0.416 e. The maximum atomic E-state index is 13.8. The van der Waals surface area contributed by atoms with Crippen LogP contribution in [0.4, 0.5) is 13.2 Å². The van der Waals surface area contributed by atoms with E-state index < -0.39 is 46.5 Å². The largest absolute Gasteiger partial charge is 0.496 e. The van der Waals surface area contributed by atoms with Crippen LogP contribution in [0.15, 0.2) is 97.1 Å². The predicted molar refractivity (Wildman–Crippen MR) is 282 cm³/mol. The number of rotatable bonds is 9. The number of amides is 6. The number of hydrogen-bond acceptors (Lipinski definition) is 7. The van der Waals surface area contributed by atoms with E-state index in [0.717, 1.165) is 52.0 Å². The number of nitrogens with zero attached hydrogens (tertiary/aromatic N) is 4. The van der Waals surface area contributed by atoms with Gasteiger partial charge in [0.05, 0.1) is 53.0 Å². The van der Waals surface area contributed by atoms with Crippen LogP contribution in [0, 0.1) is 17.8 Å². The number of piperazine rings is 2. The van der Waals surface area contributed by atoms with Crippen molar-refractivity contribution in [3.8, 4) is 5.75 Å². The lowest BCUT2D eigenvalue weighted by Crippen LogP contribution is -2.59. The first-order chi connectivity index (χ1) is 35.8. The van der Waals surface area contributed by atoms with Gasteiger partial charge < -0.3 is 44.9 Å². The summed E-state index contributed by atoms with van der Waals surface area (Å²) in [6, 6.07) is 24.6. The Kier molecular flexibility index (Phi) is 14.3. The van der Waals surface area contributed by atoms with E-state index in [1.54, 1.807) is 30.2 Å². The third-order valence-corrected chi connectivity index (χ3v) is 15.3. The highest BCUT2D eigenvalue weighted by Crippen LogP contribution is 2.39. The van der Waals surface area contributed by atoms with Crippen molar-refractivity contribution in [1.29, 1.82) is 0 Å². The molecule has 0 radical (unpaired) electrons. The van der Waals surface area contributed by atoms with Gasteiger partial charge in [0.1, 0.15) is 29.2 Å². The highest BCUT2D eigenvalue weighted by Gasteiger charge is 2.52. The van der Waals surface area contributed by atoms with Gasteiger partial charge in [0.25, 0.3) is 23.6 Å². The van der Waals surface area contributed by atoms with Gasteiger partial charge in [0.15, 0.2) is 0 Å². The number of aromatic amines is 2. The number of aromatic nitrogens is 2. The molecule has 2 aromatic heterocycles. The Labute approximate surface area is 443 Å². The van der Waals surface area contributed by atoms with Crippen LogP contribution in [0.5, 0.6) is 5.75 Å². The van der Waals surface area contributed by atoms with Crippen LogP contribution >= 0.6 is 11.6 Å². The van der Waals surface area contributed by atoms with E-state index in [4.69, 9.17) is 16.3 Å². The van der Waals surface area contributed by atoms with Crippen LogP contribution in [0.3, 0.4) is 0 Å². The average molecular weight is 1060 g/mol. The van der Waals surface area contributed by atoms with Gasteiger partial charge in [-0.05, 0) is 90.8 Å². The van der Waals surface area contributed by atoms with Crippen molar-refractivity contribution in [2.24, 2.45) is 10.8 Å². The average Bonchev–Trinajstić information content (AvgIpc) is 4.29. The van der Waals surface area contributed by atoms with E-state index >= 15 is 0 Å². The lowest BCUT2D eigenvalue weighted by molar-refractivity contribution is -0.138. The number of H-pyrrole nitrogens is 2. The van der Waals surface area contributed by atoms with Crippen molar-refractivity contribution in [2.45, 2.75) is 104 Å². The fraction of sp³-hybridized carbons (Fsp3) is 0.404. The number of carbonyl (C=O) groups is 6. The number of fused-ring (bicyclic) bond motifs is 6. The quantitative estimate of drug-likeness (QED) is 0.112. The van der Waals surface area contributed by atoms with E-state index in [-0.39, 0.29) is 71.5 Å². The third kappa shape index (κ3) is 10.6. The van der Waals surface area contributed by atoms with Crippen molar-refractivity contribution in [3.05, 3.63) is 136 Å². The highest BCUT2D eigenvalue weighted by molar-refractivity contribution is 6.33. The third-order valence-electron chi connectivity index (χ3n) is 15.0. The number of benzene rings is 4. The topological polar surface area (TPSA) is 180 Å². The summed E-state index contributed by atoms with van der Waals surface area (Å²) >= 11 is 6.10. The van der Waals surface area contributed by atoms with Gasteiger partial charge in [-0.25, -0.2) is 0 Å². The van der Waals surface area contributed by atoms with Gasteiger partial charge in [0.2, 0.25) is 11.8 Å². The molecule has 0 saturated carbocycles. The summed E-state index contributed by atoms with van der Waals surface area (Å²) in [6.07, 6.45) is -3.37. The Hall–Kier alpha value is -7.34. The van der Waals surface area contributed by atoms with Gasteiger partial charge in [-0.3, -0.25) is 28.8 Å². The van der Waals surface area contributed by atoms with Crippen molar-refractivity contribution in [3.63, 3.8) is 0 Å². The standard InChI is InChI=1S/C29H34N4O4.C28H28ClF3N4O3/c1-17-10-11-21(24(12-17)37-5)27(35)32-15-20-14-19(32)16-33(20)28(36)25(29(2,3)4)31-26(34)23-13-18-8-6-7-9-22(18)30-23;1-27(2,3)23(34-24(37)22-10-15-6-4-5-7-21(15)33-22)26(39)36-14-17-12-18(36)13-35(17)25(38)19-11-16(28(30,31)32)8-9-20(19)29/h6-13,19-20,25,30H,14-16H2,1-5H3,(H,31,34);4-11,17-18,23,33H,12-14H2,1-3H3,(H,34,37)/t19-,20-,25+;17-,18-,23+/m00/s1. The van der Waals surface area contributed by atoms with E-state index in [0.29, 0.717) is 42.2 Å². The first kappa shape index (κ1) is 53.5. The number of hydrogen-bond donors (Lipinski definition) is 4. The molecule has 4 saturated heterocycles. The van der Waals surface area contributed by atoms with Crippen LogP contribution in [-0.4, -0.2) is 135 Å². The second-order valence-electron chi connectivity index (χ2n) is 22.5. The Bertz CT molecular complexity index is 3200. The summed E-state index contributed by atoms with van der Waals surface area (Å²) in [5, 5.41) is 7.65. The van der Waals surface area contributed by atoms with Crippen molar-refractivity contribution >= 4 is 68.8 Å². The highest BCUT2D eigenvalue weighted by atomic mass is 35.5. The summed E-state index contributed by atoms with van der Waals surface area (Å²) < 4.78 is 45.1. The van der Waals surface area contributed by atoms with E-state index in [9.17, 15) is 41.9 Å². The number of methoxy groups -OCH3 is 1. The Morgan fingerprint density at radius 1 is 0.592 bits per heavy atom. The van der Waals surface area contributed by atoms with Crippen molar-refractivity contribution < 1.29 is 46.7 Å². The Morgan fingerprint density at radius 2 is 1.03 bits per heavy atom. The fourth-order valence-corrected chi connectivity index (χ4v) is 11.2. The summed E-state index contributed by atoms with van der Waals surface area (Å²) in [7, 11) is 1.57. The van der Waals surface area contributed by atoms with E-state index in [1.807, 2.05) is 119 Å². The number of halogens is 4. The van der Waals surface area contributed by atoms with Crippen LogP contribution in [-0.2, 0) is 15.8 Å². The van der Waals surface area contributed by atoms with Crippen molar-refractivity contribution in [1.82, 2.24) is 40.2 Å². The molecule has 6 aromatic rings. The lowest BCUT2D eigenvalue weighted by Gasteiger charge is -2.39. The molecule has 6 atom stereocenters. The van der Waals surface area contributed by atoms with E-state index in [2.05, 4.69) is 20.6 Å². The number of alkyl halides is 3. The number of carbonyl (C=O) groups excluding carboxylic acids is 6. The SMILES string of the molecule is CC(C)(C)[C@H](NC(=O)c1cc2ccccc2[nH]1)C(=O)N1C[C@@H]2C[C@H]1CN2C(=O)c1cc(C(F)(F)F)ccc1Cl.COc1cc(C)ccc1C(=O)N1C[C@@H]2C[C@H]1CN2C(=O)[C@@H](NC(=O)c1cc2ccccc2[nH]1)C(C)(C)C. The van der Waals surface area contributed by atoms with E-state index in [1.165, 1.54) is 4.90 Å². The number of para-hydroxylation sites is 2. The monoisotopic (exact) mass is 1060 g/mol. The molecule has 6 amide bonds. The van der Waals surface area contributed by atoms with Gasteiger partial charge in [-0.15, -0.1) is 0 Å². The summed E-state index contributed by atoms with van der Waals surface area (Å²) in [6.45, 7) is 14.7. The predicted octanol–water partition coefficient (Wildman–Crippen LogP) is 8.87. The summed E-state index contributed by atoms with van der Waals surface area (Å²) in [5.41, 5.74) is 1.75. The Balaban J connectivity index is 0.000000186. The molecule has 10 rings (SSSR count). The lowest BCUT2D eigenvalue weighted by atomic mass is 9.85. The zero-order chi connectivity index (χ0) is 54.8. The maximum Gasteiger partial charge on any atom is 0.416 e. The zero-order valence-corrected chi connectivity index (χ0v) is 44.4. The minimum atomic E-state index is -4.61. The molecule has 4 N–H and O–H groups in total. The molecule has 15 nitrogen and oxygen atoms in total. The summed E-state index contributed by atoms with van der Waals surface area (Å²) in [4.78, 5) is 93.4. The van der Waals surface area contributed by atoms with Crippen LogP contribution in [0.1, 0.15) is 107 Å².